The van der Waals surface area contributed by atoms with E-state index in [2.05, 4.69) is 25.9 Å². The molecule has 0 saturated heterocycles. The molecule has 0 aliphatic carbocycles. The van der Waals surface area contributed by atoms with E-state index in [1.165, 1.54) is 12.3 Å². The number of aryl methyl sites for hydroxylation is 1. The van der Waals surface area contributed by atoms with Crippen LogP contribution >= 0.6 is 23.2 Å². The topological polar surface area (TPSA) is 95.5 Å². The van der Waals surface area contributed by atoms with Gasteiger partial charge in [0.1, 0.15) is 5.82 Å². The highest BCUT2D eigenvalue weighted by Crippen LogP contribution is 2.23. The van der Waals surface area contributed by atoms with Crippen LogP contribution in [0.1, 0.15) is 32.7 Å². The summed E-state index contributed by atoms with van der Waals surface area (Å²) in [4.78, 5) is 34.1. The first-order valence-corrected chi connectivity index (χ1v) is 11.1. The number of amidine groups is 1. The van der Waals surface area contributed by atoms with Gasteiger partial charge in [-0.25, -0.2) is 4.98 Å². The third kappa shape index (κ3) is 6.09. The molecule has 4 rings (SSSR count). The zero-order valence-corrected chi connectivity index (χ0v) is 19.1. The van der Waals surface area contributed by atoms with Gasteiger partial charge in [-0.3, -0.25) is 14.6 Å². The van der Waals surface area contributed by atoms with Crippen LogP contribution in [0.15, 0.2) is 65.8 Å². The van der Waals surface area contributed by atoms with Crippen molar-refractivity contribution in [2.75, 3.05) is 23.7 Å². The Morgan fingerprint density at radius 2 is 1.70 bits per heavy atom. The average Bonchev–Trinajstić information content (AvgIpc) is 3.34. The lowest BCUT2D eigenvalue weighted by molar-refractivity contribution is 0.102. The second kappa shape index (κ2) is 10.5. The molecule has 33 heavy (non-hydrogen) atoms. The Hall–Kier alpha value is -3.42. The number of amides is 2. The van der Waals surface area contributed by atoms with Crippen LogP contribution in [0.5, 0.6) is 0 Å². The van der Waals surface area contributed by atoms with Crippen LogP contribution in [-0.2, 0) is 6.42 Å². The van der Waals surface area contributed by atoms with Gasteiger partial charge in [0.05, 0.1) is 28.7 Å². The molecule has 0 atom stereocenters. The maximum absolute atomic E-state index is 12.8. The number of halogens is 2. The lowest BCUT2D eigenvalue weighted by Gasteiger charge is -2.12. The number of hydrogen-bond donors (Lipinski definition) is 3. The Bertz CT molecular complexity index is 1190. The molecular formula is C24H21Cl2N5O2. The zero-order valence-electron chi connectivity index (χ0n) is 17.6. The van der Waals surface area contributed by atoms with Crippen LogP contribution in [-0.4, -0.2) is 35.7 Å². The van der Waals surface area contributed by atoms with Gasteiger partial charge in [0.25, 0.3) is 11.8 Å². The summed E-state index contributed by atoms with van der Waals surface area (Å²) >= 11 is 11.9. The molecule has 0 unspecified atom stereocenters. The minimum atomic E-state index is -0.457. The predicted octanol–water partition coefficient (Wildman–Crippen LogP) is 4.83. The van der Waals surface area contributed by atoms with Gasteiger partial charge in [0.15, 0.2) is 0 Å². The molecular weight excluding hydrogens is 461 g/mol. The fourth-order valence-electron chi connectivity index (χ4n) is 3.34. The first-order valence-electron chi connectivity index (χ1n) is 10.4. The lowest BCUT2D eigenvalue weighted by atomic mass is 10.1. The number of benzene rings is 2. The first kappa shape index (κ1) is 22.8. The maximum atomic E-state index is 12.8. The molecule has 2 amide bonds. The van der Waals surface area contributed by atoms with Crippen molar-refractivity contribution < 1.29 is 9.59 Å². The number of aromatic nitrogens is 1. The van der Waals surface area contributed by atoms with Crippen LogP contribution in [0.2, 0.25) is 10.0 Å². The minimum absolute atomic E-state index is 0.217. The third-order valence-electron chi connectivity index (χ3n) is 5.05. The van der Waals surface area contributed by atoms with Gasteiger partial charge in [0.2, 0.25) is 0 Å². The van der Waals surface area contributed by atoms with Gasteiger partial charge in [-0.2, -0.15) is 0 Å². The van der Waals surface area contributed by atoms with Gasteiger partial charge in [-0.1, -0.05) is 35.3 Å². The normalized spacial score (nSPS) is 12.6. The minimum Gasteiger partial charge on any atom is -0.372 e. The number of carbonyl (C=O) groups is 2. The largest absolute Gasteiger partial charge is 0.372 e. The molecule has 3 aromatic rings. The summed E-state index contributed by atoms with van der Waals surface area (Å²) < 4.78 is 0. The van der Waals surface area contributed by atoms with Crippen molar-refractivity contribution in [3.8, 4) is 0 Å². The third-order valence-corrected chi connectivity index (χ3v) is 5.51. The number of carbonyl (C=O) groups excluding carboxylic acids is 2. The molecule has 0 saturated carbocycles. The fourth-order valence-corrected chi connectivity index (χ4v) is 3.63. The van der Waals surface area contributed by atoms with Crippen molar-refractivity contribution in [2.45, 2.75) is 12.8 Å². The van der Waals surface area contributed by atoms with Gasteiger partial charge in [0, 0.05) is 29.7 Å². The Morgan fingerprint density at radius 1 is 0.909 bits per heavy atom. The van der Waals surface area contributed by atoms with Gasteiger partial charge in [-0.15, -0.1) is 0 Å². The van der Waals surface area contributed by atoms with E-state index in [-0.39, 0.29) is 11.5 Å². The molecule has 0 spiro atoms. The molecule has 7 nitrogen and oxygen atoms in total. The molecule has 3 N–H and O–H groups in total. The summed E-state index contributed by atoms with van der Waals surface area (Å²) in [5.74, 6) is 0.570. The monoisotopic (exact) mass is 481 g/mol. The summed E-state index contributed by atoms with van der Waals surface area (Å²) in [5.41, 5.74) is 2.15. The predicted molar refractivity (Wildman–Crippen MR) is 132 cm³/mol. The second-order valence-corrected chi connectivity index (χ2v) is 8.28. The van der Waals surface area contributed by atoms with E-state index in [0.717, 1.165) is 37.3 Å². The Balaban J connectivity index is 1.44. The summed E-state index contributed by atoms with van der Waals surface area (Å²) in [5, 5.41) is 9.55. The van der Waals surface area contributed by atoms with E-state index in [9.17, 15) is 9.59 Å². The molecule has 9 heteroatoms. The number of pyridine rings is 1. The molecule has 0 bridgehead atoms. The second-order valence-electron chi connectivity index (χ2n) is 7.41. The quantitative estimate of drug-likeness (QED) is 0.450. The summed E-state index contributed by atoms with van der Waals surface area (Å²) in [6.45, 7) is 1.73. The van der Waals surface area contributed by atoms with Crippen LogP contribution in [0.3, 0.4) is 0 Å². The number of aliphatic imine (C=N–C) groups is 1. The number of rotatable bonds is 7. The number of nitrogens with one attached hydrogen (secondary N) is 3. The van der Waals surface area contributed by atoms with Gasteiger partial charge >= 0.3 is 0 Å². The van der Waals surface area contributed by atoms with Crippen molar-refractivity contribution in [2.24, 2.45) is 4.99 Å². The van der Waals surface area contributed by atoms with Crippen LogP contribution in [0, 0.1) is 0 Å². The van der Waals surface area contributed by atoms with Crippen molar-refractivity contribution in [1.29, 1.82) is 0 Å². The number of anilines is 2. The van der Waals surface area contributed by atoms with Crippen molar-refractivity contribution >= 4 is 52.4 Å². The first-order chi connectivity index (χ1) is 16.0. The van der Waals surface area contributed by atoms with Gasteiger partial charge < -0.3 is 16.0 Å². The van der Waals surface area contributed by atoms with Crippen LogP contribution < -0.4 is 16.0 Å². The highest BCUT2D eigenvalue weighted by atomic mass is 35.5. The molecule has 1 aliphatic rings. The number of hydrogen-bond acceptors (Lipinski definition) is 5. The van der Waals surface area contributed by atoms with Gasteiger partial charge in [-0.05, 0) is 54.4 Å². The van der Waals surface area contributed by atoms with E-state index >= 15 is 0 Å². The molecule has 1 aliphatic heterocycles. The lowest BCUT2D eigenvalue weighted by Crippen LogP contribution is -2.19. The number of nitrogens with zero attached hydrogens (tertiary/aromatic N) is 2. The molecule has 0 radical (unpaired) electrons. The summed E-state index contributed by atoms with van der Waals surface area (Å²) in [7, 11) is 0. The summed E-state index contributed by atoms with van der Waals surface area (Å²) in [6.07, 6.45) is 3.12. The molecule has 0 fully saturated rings. The standard InChI is InChI=1S/C24H21Cl2N5O2/c25-17-6-8-20(19(13-17)24(33)31-22-10-7-18(26)14-29-22)30-23(32)16-4-1-15(2-5-16)3-9-21-27-11-12-28-21/h1-2,4-8,10,13-14H,3,9,11-12H2,(H,27,28)(H,30,32)(H,29,31,33). The molecule has 1 aromatic heterocycles. The SMILES string of the molecule is O=C(Nc1ccc(Cl)cc1C(=O)Nc1ccc(Cl)cn1)c1ccc(CCC2=NCCN2)cc1. The van der Waals surface area contributed by atoms with Crippen LogP contribution in [0.25, 0.3) is 0 Å². The van der Waals surface area contributed by atoms with Crippen molar-refractivity contribution in [1.82, 2.24) is 10.3 Å². The van der Waals surface area contributed by atoms with E-state index in [1.807, 2.05) is 12.1 Å². The molecule has 2 aromatic carbocycles. The van der Waals surface area contributed by atoms with E-state index in [1.54, 1.807) is 36.4 Å². The highest BCUT2D eigenvalue weighted by Gasteiger charge is 2.16. The maximum Gasteiger partial charge on any atom is 0.258 e. The van der Waals surface area contributed by atoms with Crippen molar-refractivity contribution in [3.63, 3.8) is 0 Å². The van der Waals surface area contributed by atoms with E-state index < -0.39 is 5.91 Å². The average molecular weight is 482 g/mol. The highest BCUT2D eigenvalue weighted by molar-refractivity contribution is 6.31. The van der Waals surface area contributed by atoms with E-state index in [4.69, 9.17) is 23.2 Å². The molecule has 2 heterocycles. The Labute approximate surface area is 201 Å². The Morgan fingerprint density at radius 3 is 2.39 bits per heavy atom. The zero-order chi connectivity index (χ0) is 23.2. The summed E-state index contributed by atoms with van der Waals surface area (Å²) in [6, 6.07) is 15.3. The van der Waals surface area contributed by atoms with Crippen molar-refractivity contribution in [3.05, 3.63) is 87.5 Å². The Kier molecular flexibility index (Phi) is 7.22. The van der Waals surface area contributed by atoms with E-state index in [0.29, 0.717) is 27.1 Å². The van der Waals surface area contributed by atoms with Crippen LogP contribution in [0.4, 0.5) is 11.5 Å². The molecule has 168 valence electrons. The smallest absolute Gasteiger partial charge is 0.258 e. The fraction of sp³-hybridized carbons (Fsp3) is 0.167.